The summed E-state index contributed by atoms with van der Waals surface area (Å²) in [7, 11) is 0. The van der Waals surface area contributed by atoms with E-state index in [2.05, 4.69) is 12.2 Å². The molecule has 0 radical (unpaired) electrons. The number of hydrogen-bond donors (Lipinski definition) is 1. The molecule has 146 valence electrons. The lowest BCUT2D eigenvalue weighted by molar-refractivity contribution is -0.144. The second-order valence-corrected chi connectivity index (χ2v) is 7.22. The van der Waals surface area contributed by atoms with Crippen molar-refractivity contribution in [3.05, 3.63) is 29.8 Å². The Labute approximate surface area is 159 Å². The molecule has 1 saturated carbocycles. The predicted octanol–water partition coefficient (Wildman–Crippen LogP) is 3.10. The van der Waals surface area contributed by atoms with Crippen LogP contribution >= 0.6 is 0 Å². The molecule has 1 aliphatic heterocycles. The molecule has 0 aromatic heterocycles. The molecular formula is C21H27NO5. The summed E-state index contributed by atoms with van der Waals surface area (Å²) >= 11 is 0. The van der Waals surface area contributed by atoms with Gasteiger partial charge in [-0.15, -0.1) is 0 Å². The van der Waals surface area contributed by atoms with Crippen LogP contribution in [0.15, 0.2) is 24.3 Å². The highest BCUT2D eigenvalue weighted by atomic mass is 16.5. The van der Waals surface area contributed by atoms with Crippen LogP contribution < -0.4 is 14.8 Å². The molecule has 1 amide bonds. The Balaban J connectivity index is 1.43. The average Bonchev–Trinajstić information content (AvgIpc) is 2.91. The molecule has 1 heterocycles. The summed E-state index contributed by atoms with van der Waals surface area (Å²) in [6, 6.07) is 5.68. The summed E-state index contributed by atoms with van der Waals surface area (Å²) in [5.74, 6) is 1.32. The van der Waals surface area contributed by atoms with E-state index in [0.29, 0.717) is 24.7 Å². The van der Waals surface area contributed by atoms with Crippen LogP contribution in [0.1, 0.15) is 44.6 Å². The highest BCUT2D eigenvalue weighted by Gasteiger charge is 2.20. The first kappa shape index (κ1) is 19.3. The van der Waals surface area contributed by atoms with Crippen LogP contribution in [0.4, 0.5) is 0 Å². The number of rotatable bonds is 5. The Kier molecular flexibility index (Phi) is 6.74. The molecule has 0 spiro atoms. The molecule has 3 rings (SSSR count). The van der Waals surface area contributed by atoms with Gasteiger partial charge in [0.15, 0.2) is 18.1 Å². The van der Waals surface area contributed by atoms with E-state index in [1.165, 1.54) is 6.08 Å². The van der Waals surface area contributed by atoms with Crippen molar-refractivity contribution in [2.45, 2.75) is 45.1 Å². The zero-order valence-electron chi connectivity index (χ0n) is 15.7. The predicted molar refractivity (Wildman–Crippen MR) is 102 cm³/mol. The smallest absolute Gasteiger partial charge is 0.331 e. The SMILES string of the molecule is CC1CCC(NC(=O)COC(=O)/C=C/c2ccc3c(c2)OCCCO3)CC1. The normalized spacial score (nSPS) is 22.1. The van der Waals surface area contributed by atoms with E-state index >= 15 is 0 Å². The summed E-state index contributed by atoms with van der Waals surface area (Å²) in [5.41, 5.74) is 0.803. The number of amides is 1. The van der Waals surface area contributed by atoms with Gasteiger partial charge < -0.3 is 19.5 Å². The average molecular weight is 373 g/mol. The number of esters is 1. The summed E-state index contributed by atoms with van der Waals surface area (Å²) < 4.78 is 16.2. The molecular weight excluding hydrogens is 346 g/mol. The number of fused-ring (bicyclic) bond motifs is 1. The maximum Gasteiger partial charge on any atom is 0.331 e. The lowest BCUT2D eigenvalue weighted by atomic mass is 9.87. The van der Waals surface area contributed by atoms with E-state index in [-0.39, 0.29) is 18.6 Å². The lowest BCUT2D eigenvalue weighted by Gasteiger charge is -2.26. The third-order valence-corrected chi connectivity index (χ3v) is 4.91. The fourth-order valence-electron chi connectivity index (χ4n) is 3.31. The van der Waals surface area contributed by atoms with Crippen molar-refractivity contribution in [1.82, 2.24) is 5.32 Å². The van der Waals surface area contributed by atoms with Crippen molar-refractivity contribution in [1.29, 1.82) is 0 Å². The van der Waals surface area contributed by atoms with Gasteiger partial charge in [-0.3, -0.25) is 4.79 Å². The molecule has 1 N–H and O–H groups in total. The fraction of sp³-hybridized carbons (Fsp3) is 0.524. The number of ether oxygens (including phenoxy) is 3. The summed E-state index contributed by atoms with van der Waals surface area (Å²) in [4.78, 5) is 23.8. The molecule has 6 nitrogen and oxygen atoms in total. The minimum Gasteiger partial charge on any atom is -0.490 e. The first-order valence-corrected chi connectivity index (χ1v) is 9.64. The van der Waals surface area contributed by atoms with E-state index in [9.17, 15) is 9.59 Å². The molecule has 27 heavy (non-hydrogen) atoms. The molecule has 1 aliphatic carbocycles. The van der Waals surface area contributed by atoms with Crippen LogP contribution in [0, 0.1) is 5.92 Å². The second kappa shape index (κ2) is 9.44. The Morgan fingerprint density at radius 1 is 1.15 bits per heavy atom. The van der Waals surface area contributed by atoms with Gasteiger partial charge in [0, 0.05) is 18.5 Å². The quantitative estimate of drug-likeness (QED) is 0.634. The second-order valence-electron chi connectivity index (χ2n) is 7.22. The monoisotopic (exact) mass is 373 g/mol. The molecule has 6 heteroatoms. The van der Waals surface area contributed by atoms with Gasteiger partial charge in [0.05, 0.1) is 13.2 Å². The number of hydrogen-bond acceptors (Lipinski definition) is 5. The van der Waals surface area contributed by atoms with Crippen LogP contribution in [-0.2, 0) is 14.3 Å². The van der Waals surface area contributed by atoms with Crippen LogP contribution in [0.2, 0.25) is 0 Å². The minimum atomic E-state index is -0.547. The number of carbonyl (C=O) groups excluding carboxylic acids is 2. The van der Waals surface area contributed by atoms with Gasteiger partial charge in [-0.2, -0.15) is 0 Å². The highest BCUT2D eigenvalue weighted by molar-refractivity contribution is 5.89. The molecule has 0 unspecified atom stereocenters. The maximum absolute atomic E-state index is 11.9. The van der Waals surface area contributed by atoms with Crippen molar-refractivity contribution >= 4 is 18.0 Å². The molecule has 1 aromatic carbocycles. The molecule has 0 bridgehead atoms. The van der Waals surface area contributed by atoms with Gasteiger partial charge in [0.25, 0.3) is 5.91 Å². The van der Waals surface area contributed by atoms with Crippen molar-refractivity contribution in [3.8, 4) is 11.5 Å². The van der Waals surface area contributed by atoms with E-state index in [0.717, 1.165) is 43.6 Å². The van der Waals surface area contributed by atoms with Crippen LogP contribution in [-0.4, -0.2) is 37.7 Å². The van der Waals surface area contributed by atoms with Crippen LogP contribution in [0.3, 0.4) is 0 Å². The van der Waals surface area contributed by atoms with E-state index in [1.54, 1.807) is 6.08 Å². The lowest BCUT2D eigenvalue weighted by Crippen LogP contribution is -2.39. The van der Waals surface area contributed by atoms with Crippen LogP contribution in [0.5, 0.6) is 11.5 Å². The molecule has 1 fully saturated rings. The zero-order valence-corrected chi connectivity index (χ0v) is 15.7. The first-order valence-electron chi connectivity index (χ1n) is 9.64. The molecule has 1 aromatic rings. The van der Waals surface area contributed by atoms with E-state index in [4.69, 9.17) is 14.2 Å². The summed E-state index contributed by atoms with van der Waals surface area (Å²) in [5, 5.41) is 2.94. The summed E-state index contributed by atoms with van der Waals surface area (Å²) in [6.07, 6.45) is 8.03. The standard InChI is InChI=1S/C21H27NO5/c1-15-3-7-17(8-4-15)22-20(23)14-27-21(24)10-6-16-5-9-18-19(13-16)26-12-2-11-25-18/h5-6,9-10,13,15,17H,2-4,7-8,11-12,14H2,1H3,(H,22,23)/b10-6+. The Morgan fingerprint density at radius 2 is 1.89 bits per heavy atom. The van der Waals surface area contributed by atoms with Crippen molar-refractivity contribution in [2.75, 3.05) is 19.8 Å². The Bertz CT molecular complexity index is 692. The van der Waals surface area contributed by atoms with Gasteiger partial charge in [-0.05, 0) is 55.4 Å². The fourth-order valence-corrected chi connectivity index (χ4v) is 3.31. The molecule has 0 atom stereocenters. The zero-order chi connectivity index (χ0) is 19.1. The van der Waals surface area contributed by atoms with E-state index < -0.39 is 5.97 Å². The minimum absolute atomic E-state index is 0.199. The van der Waals surface area contributed by atoms with Crippen molar-refractivity contribution < 1.29 is 23.8 Å². The molecule has 2 aliphatic rings. The van der Waals surface area contributed by atoms with Crippen LogP contribution in [0.25, 0.3) is 6.08 Å². The van der Waals surface area contributed by atoms with Gasteiger partial charge in [0.2, 0.25) is 0 Å². The van der Waals surface area contributed by atoms with Gasteiger partial charge in [-0.1, -0.05) is 13.0 Å². The highest BCUT2D eigenvalue weighted by Crippen LogP contribution is 2.30. The third-order valence-electron chi connectivity index (χ3n) is 4.91. The van der Waals surface area contributed by atoms with Crippen molar-refractivity contribution in [3.63, 3.8) is 0 Å². The van der Waals surface area contributed by atoms with Gasteiger partial charge in [0.1, 0.15) is 0 Å². The van der Waals surface area contributed by atoms with Gasteiger partial charge in [-0.25, -0.2) is 4.79 Å². The number of carbonyl (C=O) groups is 2. The maximum atomic E-state index is 11.9. The third kappa shape index (κ3) is 6.01. The largest absolute Gasteiger partial charge is 0.490 e. The van der Waals surface area contributed by atoms with E-state index in [1.807, 2.05) is 18.2 Å². The Hall–Kier alpha value is -2.50. The first-order chi connectivity index (χ1) is 13.1. The molecule has 0 saturated heterocycles. The van der Waals surface area contributed by atoms with Crippen molar-refractivity contribution in [2.24, 2.45) is 5.92 Å². The van der Waals surface area contributed by atoms with Gasteiger partial charge >= 0.3 is 5.97 Å². The summed E-state index contributed by atoms with van der Waals surface area (Å²) in [6.45, 7) is 3.22. The number of nitrogens with one attached hydrogen (secondary N) is 1. The topological polar surface area (TPSA) is 73.9 Å². The Morgan fingerprint density at radius 3 is 2.67 bits per heavy atom. The number of benzene rings is 1.